The molecule has 6 heavy (non-hydrogen) atoms. The van der Waals surface area contributed by atoms with Gasteiger partial charge in [0.05, 0.1) is 0 Å². The summed E-state index contributed by atoms with van der Waals surface area (Å²) < 4.78 is 4.32. The van der Waals surface area contributed by atoms with Gasteiger partial charge in [-0.1, -0.05) is 0 Å². The third-order valence-electron chi connectivity index (χ3n) is 0.235. The molecule has 0 saturated heterocycles. The van der Waals surface area contributed by atoms with E-state index in [2.05, 4.69) is 4.74 Å². The molecule has 0 spiro atoms. The van der Waals surface area contributed by atoms with Crippen LogP contribution in [-0.4, -0.2) is 68.9 Å². The molecule has 0 aliphatic carbocycles. The minimum absolute atomic E-state index is 0. The second-order valence-corrected chi connectivity index (χ2v) is 0.622. The predicted octanol–water partition coefficient (Wildman–Crippen LogP) is -1.08. The SMILES string of the molecule is COCC=O.[BaH2]. The first-order valence-electron chi connectivity index (χ1n) is 1.34. The molecular weight excluding hydrogens is 205 g/mol. The van der Waals surface area contributed by atoms with E-state index in [4.69, 9.17) is 0 Å². The Morgan fingerprint density at radius 2 is 2.33 bits per heavy atom. The van der Waals surface area contributed by atoms with Gasteiger partial charge in [-0.25, -0.2) is 0 Å². The Balaban J connectivity index is 0. The molecule has 0 bridgehead atoms. The summed E-state index contributed by atoms with van der Waals surface area (Å²) in [4.78, 5) is 9.28. The summed E-state index contributed by atoms with van der Waals surface area (Å²) in [7, 11) is 1.48. The molecule has 0 atom stereocenters. The van der Waals surface area contributed by atoms with Gasteiger partial charge in [0.2, 0.25) is 0 Å². The summed E-state index contributed by atoms with van der Waals surface area (Å²) in [6, 6.07) is 0. The zero-order valence-electron chi connectivity index (χ0n) is 3.10. The van der Waals surface area contributed by atoms with Gasteiger partial charge in [-0.15, -0.1) is 0 Å². The third kappa shape index (κ3) is 8.96. The Hall–Kier alpha value is 1.20. The number of carbonyl (C=O) groups is 1. The summed E-state index contributed by atoms with van der Waals surface area (Å²) in [6.07, 6.45) is 0.708. The average molecular weight is 213 g/mol. The van der Waals surface area contributed by atoms with Crippen molar-refractivity contribution in [3.63, 3.8) is 0 Å². The van der Waals surface area contributed by atoms with E-state index in [1.807, 2.05) is 0 Å². The fourth-order valence-corrected chi connectivity index (χ4v) is 0.0680. The normalized spacial score (nSPS) is 6.17. The number of rotatable bonds is 2. The average Bonchev–Trinajstić information content (AvgIpc) is 1.41. The van der Waals surface area contributed by atoms with Crippen LogP contribution < -0.4 is 0 Å². The van der Waals surface area contributed by atoms with Gasteiger partial charge in [0.25, 0.3) is 0 Å². The van der Waals surface area contributed by atoms with Crippen LogP contribution in [-0.2, 0) is 9.53 Å². The maximum absolute atomic E-state index is 9.28. The molecule has 0 rings (SSSR count). The predicted molar refractivity (Wildman–Crippen MR) is 26.5 cm³/mol. The second kappa shape index (κ2) is 9.50. The van der Waals surface area contributed by atoms with Crippen molar-refractivity contribution >= 4 is 55.2 Å². The van der Waals surface area contributed by atoms with Gasteiger partial charge < -0.3 is 9.53 Å². The van der Waals surface area contributed by atoms with Gasteiger partial charge in [0.1, 0.15) is 12.9 Å². The van der Waals surface area contributed by atoms with Crippen molar-refractivity contribution in [1.29, 1.82) is 0 Å². The summed E-state index contributed by atoms with van der Waals surface area (Å²) in [5.41, 5.74) is 0. The molecule has 0 heterocycles. The van der Waals surface area contributed by atoms with E-state index in [1.165, 1.54) is 7.11 Å². The molecule has 0 amide bonds. The van der Waals surface area contributed by atoms with Crippen molar-refractivity contribution in [3.05, 3.63) is 0 Å². The summed E-state index contributed by atoms with van der Waals surface area (Å²) in [5, 5.41) is 0. The van der Waals surface area contributed by atoms with Crippen LogP contribution in [0.3, 0.4) is 0 Å². The van der Waals surface area contributed by atoms with Crippen LogP contribution in [0.4, 0.5) is 0 Å². The van der Waals surface area contributed by atoms with Gasteiger partial charge in [-0.2, -0.15) is 0 Å². The van der Waals surface area contributed by atoms with Crippen molar-refractivity contribution in [2.45, 2.75) is 0 Å². The maximum atomic E-state index is 9.28. The molecule has 0 aliphatic rings. The van der Waals surface area contributed by atoms with Gasteiger partial charge in [0.15, 0.2) is 0 Å². The molecule has 0 aliphatic heterocycles. The number of carbonyl (C=O) groups excluding carboxylic acids is 1. The first kappa shape index (κ1) is 10.2. The van der Waals surface area contributed by atoms with Crippen molar-refractivity contribution in [2.75, 3.05) is 13.7 Å². The van der Waals surface area contributed by atoms with Crippen LogP contribution in [0, 0.1) is 0 Å². The summed E-state index contributed by atoms with van der Waals surface area (Å²) in [6.45, 7) is 0.208. The zero-order chi connectivity index (χ0) is 4.12. The number of methoxy groups -OCH3 is 1. The van der Waals surface area contributed by atoms with Crippen LogP contribution in [0.5, 0.6) is 0 Å². The molecule has 3 heteroatoms. The van der Waals surface area contributed by atoms with Crippen molar-refractivity contribution in [3.8, 4) is 0 Å². The molecular formula is C3H8BaO2. The van der Waals surface area contributed by atoms with E-state index in [1.54, 1.807) is 0 Å². The second-order valence-electron chi connectivity index (χ2n) is 0.622. The number of aldehydes is 1. The van der Waals surface area contributed by atoms with E-state index in [0.717, 1.165) is 0 Å². The molecule has 0 saturated carbocycles. The molecule has 0 aromatic carbocycles. The Kier molecular flexibility index (Phi) is 16.2. The molecule has 2 nitrogen and oxygen atoms in total. The van der Waals surface area contributed by atoms with Gasteiger partial charge in [-0.05, 0) is 0 Å². The van der Waals surface area contributed by atoms with E-state index in [9.17, 15) is 4.79 Å². The molecule has 0 aromatic rings. The van der Waals surface area contributed by atoms with Gasteiger partial charge in [-0.3, -0.25) is 0 Å². The fraction of sp³-hybridized carbons (Fsp3) is 0.667. The zero-order valence-corrected chi connectivity index (χ0v) is 3.10. The number of ether oxygens (including phenoxy) is 1. The van der Waals surface area contributed by atoms with Crippen LogP contribution in [0.1, 0.15) is 0 Å². The monoisotopic (exact) mass is 214 g/mol. The number of hydrogen-bond acceptors (Lipinski definition) is 2. The van der Waals surface area contributed by atoms with Crippen LogP contribution >= 0.6 is 0 Å². The van der Waals surface area contributed by atoms with Crippen LogP contribution in [0.15, 0.2) is 0 Å². The fourth-order valence-electron chi connectivity index (χ4n) is 0.0680. The van der Waals surface area contributed by atoms with Crippen molar-refractivity contribution in [2.24, 2.45) is 0 Å². The molecule has 0 unspecified atom stereocenters. The third-order valence-corrected chi connectivity index (χ3v) is 0.235. The first-order valence-corrected chi connectivity index (χ1v) is 1.34. The van der Waals surface area contributed by atoms with E-state index in [0.29, 0.717) is 6.29 Å². The standard InChI is InChI=1S/C3H6O2.Ba.2H/c1-5-3-2-4;;;/h2H,3H2,1H3;;;. The molecule has 0 aromatic heterocycles. The summed E-state index contributed by atoms with van der Waals surface area (Å²) >= 11 is 0. The Morgan fingerprint density at radius 1 is 1.83 bits per heavy atom. The Labute approximate surface area is 77.3 Å². The quantitative estimate of drug-likeness (QED) is 0.431. The Morgan fingerprint density at radius 3 is 2.33 bits per heavy atom. The Bertz CT molecular complexity index is 30.0. The molecule has 0 N–H and O–H groups in total. The van der Waals surface area contributed by atoms with E-state index in [-0.39, 0.29) is 55.5 Å². The minimum atomic E-state index is 0. The molecule has 0 radical (unpaired) electrons. The van der Waals surface area contributed by atoms with Gasteiger partial charge >= 0.3 is 48.9 Å². The number of hydrogen-bond donors (Lipinski definition) is 0. The van der Waals surface area contributed by atoms with E-state index < -0.39 is 0 Å². The first-order chi connectivity index (χ1) is 2.41. The molecule has 34 valence electrons. The molecule has 0 fully saturated rings. The van der Waals surface area contributed by atoms with Crippen LogP contribution in [0.2, 0.25) is 0 Å². The van der Waals surface area contributed by atoms with Crippen LogP contribution in [0.25, 0.3) is 0 Å². The van der Waals surface area contributed by atoms with E-state index >= 15 is 0 Å². The van der Waals surface area contributed by atoms with Crippen molar-refractivity contribution < 1.29 is 9.53 Å². The van der Waals surface area contributed by atoms with Gasteiger partial charge in [0, 0.05) is 7.11 Å². The summed E-state index contributed by atoms with van der Waals surface area (Å²) in [5.74, 6) is 0. The topological polar surface area (TPSA) is 26.3 Å². The van der Waals surface area contributed by atoms with Crippen molar-refractivity contribution in [1.82, 2.24) is 0 Å².